The number of nitrogens with zero attached hydrogens (tertiary/aromatic N) is 4. The Morgan fingerprint density at radius 1 is 1.33 bits per heavy atom. The minimum Gasteiger partial charge on any atom is -0.381 e. The lowest BCUT2D eigenvalue weighted by atomic mass is 10.2. The molecule has 0 aliphatic rings. The van der Waals surface area contributed by atoms with Crippen molar-refractivity contribution in [3.8, 4) is 0 Å². The van der Waals surface area contributed by atoms with Crippen LogP contribution in [0.2, 0.25) is 0 Å². The number of fused-ring (bicyclic) bond motifs is 2. The Bertz CT molecular complexity index is 1100. The quantitative estimate of drug-likeness (QED) is 0.591. The zero-order valence-electron chi connectivity index (χ0n) is 12.7. The molecule has 3 N–H and O–H groups in total. The Balaban J connectivity index is 1.78. The van der Waals surface area contributed by atoms with Crippen LogP contribution in [0.5, 0.6) is 0 Å². The van der Waals surface area contributed by atoms with Crippen LogP contribution in [0.1, 0.15) is 10.4 Å². The second-order valence-electron chi connectivity index (χ2n) is 5.42. The van der Waals surface area contributed by atoms with Crippen LogP contribution in [0.25, 0.3) is 16.6 Å². The van der Waals surface area contributed by atoms with Gasteiger partial charge in [0.25, 0.3) is 5.91 Å². The number of nitrogens with two attached hydrogens (primary N) is 1. The third kappa shape index (κ3) is 2.08. The molecule has 1 aromatic carbocycles. The van der Waals surface area contributed by atoms with Crippen LogP contribution in [-0.4, -0.2) is 25.1 Å². The largest absolute Gasteiger partial charge is 0.381 e. The van der Waals surface area contributed by atoms with Gasteiger partial charge in [0, 0.05) is 24.1 Å². The summed E-state index contributed by atoms with van der Waals surface area (Å²) in [6, 6.07) is 7.53. The first-order valence-corrected chi connectivity index (χ1v) is 7.19. The molecule has 0 spiro atoms. The number of rotatable bonds is 2. The predicted molar refractivity (Wildman–Crippen MR) is 88.2 cm³/mol. The van der Waals surface area contributed by atoms with Crippen LogP contribution in [0, 0.1) is 5.82 Å². The second kappa shape index (κ2) is 5.05. The zero-order chi connectivity index (χ0) is 16.8. The van der Waals surface area contributed by atoms with Crippen LogP contribution < -0.4 is 11.1 Å². The smallest absolute Gasteiger partial charge is 0.263 e. The number of nitrogen functional groups attached to an aromatic ring is 1. The zero-order valence-corrected chi connectivity index (χ0v) is 12.7. The molecule has 3 heterocycles. The molecule has 0 radical (unpaired) electrons. The van der Waals surface area contributed by atoms with E-state index in [9.17, 15) is 9.18 Å². The van der Waals surface area contributed by atoms with Crippen molar-refractivity contribution in [2.75, 3.05) is 11.1 Å². The third-order valence-electron chi connectivity index (χ3n) is 3.87. The van der Waals surface area contributed by atoms with Crippen LogP contribution in [0.15, 0.2) is 42.9 Å². The fourth-order valence-electron chi connectivity index (χ4n) is 2.74. The highest BCUT2D eigenvalue weighted by molar-refractivity contribution is 6.14. The Morgan fingerprint density at radius 2 is 2.17 bits per heavy atom. The van der Waals surface area contributed by atoms with E-state index in [-0.39, 0.29) is 17.0 Å². The van der Waals surface area contributed by atoms with Crippen molar-refractivity contribution in [1.82, 2.24) is 19.2 Å². The van der Waals surface area contributed by atoms with E-state index in [1.54, 1.807) is 6.07 Å². The topological polar surface area (TPSA) is 90.2 Å². The summed E-state index contributed by atoms with van der Waals surface area (Å²) in [7, 11) is 1.93. The number of hydrogen-bond acceptors (Lipinski definition) is 4. The Labute approximate surface area is 135 Å². The number of halogens is 1. The summed E-state index contributed by atoms with van der Waals surface area (Å²) in [6.45, 7) is 0. The lowest BCUT2D eigenvalue weighted by Crippen LogP contribution is -2.14. The summed E-state index contributed by atoms with van der Waals surface area (Å²) in [5, 5.41) is 7.66. The number of amides is 1. The SMILES string of the molecule is Cn1ccc2c(NC(=O)c3c(N)nn4cc(F)cnc34)cccc21. The number of aromatic nitrogens is 4. The highest BCUT2D eigenvalue weighted by atomic mass is 19.1. The van der Waals surface area contributed by atoms with Gasteiger partial charge in [0.1, 0.15) is 5.56 Å². The minimum atomic E-state index is -0.564. The molecular formula is C16H13FN6O. The first-order chi connectivity index (χ1) is 11.5. The minimum absolute atomic E-state index is 0.00848. The van der Waals surface area contributed by atoms with Gasteiger partial charge in [-0.3, -0.25) is 4.79 Å². The molecule has 0 saturated carbocycles. The third-order valence-corrected chi connectivity index (χ3v) is 3.87. The maximum Gasteiger partial charge on any atom is 0.263 e. The van der Waals surface area contributed by atoms with Crippen molar-refractivity contribution in [2.24, 2.45) is 7.05 Å². The molecule has 0 atom stereocenters. The summed E-state index contributed by atoms with van der Waals surface area (Å²) >= 11 is 0. The predicted octanol–water partition coefficient (Wildman–Crippen LogP) is 2.19. The summed E-state index contributed by atoms with van der Waals surface area (Å²) in [5.74, 6) is -1.02. The molecule has 4 rings (SSSR count). The summed E-state index contributed by atoms with van der Waals surface area (Å²) < 4.78 is 16.3. The van der Waals surface area contributed by atoms with Gasteiger partial charge in [-0.2, -0.15) is 0 Å². The van der Waals surface area contributed by atoms with Crippen molar-refractivity contribution >= 4 is 34.0 Å². The number of hydrogen-bond donors (Lipinski definition) is 2. The standard InChI is InChI=1S/C16H13FN6O/c1-22-6-5-10-11(3-2-4-12(10)22)20-16(24)13-14(18)21-23-8-9(17)7-19-15(13)23/h2-8H,1H3,(H2,18,21)(H,20,24). The maximum absolute atomic E-state index is 13.2. The van der Waals surface area contributed by atoms with Crippen LogP contribution >= 0.6 is 0 Å². The number of aryl methyl sites for hydroxylation is 1. The molecule has 7 nitrogen and oxygen atoms in total. The normalized spacial score (nSPS) is 11.2. The molecular weight excluding hydrogens is 311 g/mol. The number of benzene rings is 1. The average Bonchev–Trinajstić information content (AvgIpc) is 3.07. The van der Waals surface area contributed by atoms with Crippen molar-refractivity contribution in [1.29, 1.82) is 0 Å². The molecule has 1 amide bonds. The fourth-order valence-corrected chi connectivity index (χ4v) is 2.74. The first-order valence-electron chi connectivity index (χ1n) is 7.19. The molecule has 8 heteroatoms. The summed E-state index contributed by atoms with van der Waals surface area (Å²) in [6.07, 6.45) is 4.05. The van der Waals surface area contributed by atoms with Gasteiger partial charge in [-0.25, -0.2) is 13.9 Å². The molecule has 0 unspecified atom stereocenters. The van der Waals surface area contributed by atoms with Crippen molar-refractivity contribution in [3.63, 3.8) is 0 Å². The number of carbonyl (C=O) groups excluding carboxylic acids is 1. The first kappa shape index (κ1) is 14.2. The van der Waals surface area contributed by atoms with E-state index >= 15 is 0 Å². The van der Waals surface area contributed by atoms with Crippen LogP contribution in [0.3, 0.4) is 0 Å². The fraction of sp³-hybridized carbons (Fsp3) is 0.0625. The number of nitrogens with one attached hydrogen (secondary N) is 1. The monoisotopic (exact) mass is 324 g/mol. The van der Waals surface area contributed by atoms with E-state index in [4.69, 9.17) is 5.73 Å². The summed E-state index contributed by atoms with van der Waals surface area (Å²) in [5.41, 5.74) is 7.77. The Morgan fingerprint density at radius 3 is 3.00 bits per heavy atom. The Kier molecular flexibility index (Phi) is 2.99. The van der Waals surface area contributed by atoms with Gasteiger partial charge in [-0.15, -0.1) is 5.10 Å². The van der Waals surface area contributed by atoms with Crippen LogP contribution in [-0.2, 0) is 7.05 Å². The van der Waals surface area contributed by atoms with Gasteiger partial charge in [0.05, 0.1) is 18.1 Å². The molecule has 24 heavy (non-hydrogen) atoms. The molecule has 0 bridgehead atoms. The van der Waals surface area contributed by atoms with Gasteiger partial charge >= 0.3 is 0 Å². The molecule has 120 valence electrons. The number of anilines is 2. The lowest BCUT2D eigenvalue weighted by Gasteiger charge is -2.07. The van der Waals surface area contributed by atoms with Gasteiger partial charge in [0.15, 0.2) is 17.3 Å². The second-order valence-corrected chi connectivity index (χ2v) is 5.42. The molecule has 0 aliphatic heterocycles. The van der Waals surface area contributed by atoms with Gasteiger partial charge in [0.2, 0.25) is 0 Å². The van der Waals surface area contributed by atoms with Crippen molar-refractivity contribution in [2.45, 2.75) is 0 Å². The van der Waals surface area contributed by atoms with Crippen molar-refractivity contribution in [3.05, 3.63) is 54.2 Å². The van der Waals surface area contributed by atoms with E-state index < -0.39 is 11.7 Å². The highest BCUT2D eigenvalue weighted by Crippen LogP contribution is 2.25. The van der Waals surface area contributed by atoms with Gasteiger partial charge in [-0.1, -0.05) is 6.07 Å². The van der Waals surface area contributed by atoms with E-state index in [2.05, 4.69) is 15.4 Å². The molecule has 4 aromatic rings. The molecule has 0 fully saturated rings. The van der Waals surface area contributed by atoms with Gasteiger partial charge in [-0.05, 0) is 18.2 Å². The molecule has 0 saturated heterocycles. The van der Waals surface area contributed by atoms with Gasteiger partial charge < -0.3 is 15.6 Å². The average molecular weight is 324 g/mol. The van der Waals surface area contributed by atoms with E-state index in [1.807, 2.05) is 36.0 Å². The van der Waals surface area contributed by atoms with E-state index in [0.29, 0.717) is 5.69 Å². The number of carbonyl (C=O) groups is 1. The van der Waals surface area contributed by atoms with Crippen molar-refractivity contribution < 1.29 is 9.18 Å². The lowest BCUT2D eigenvalue weighted by molar-refractivity contribution is 0.102. The molecule has 3 aromatic heterocycles. The maximum atomic E-state index is 13.2. The van der Waals surface area contributed by atoms with Crippen LogP contribution in [0.4, 0.5) is 15.9 Å². The molecule has 0 aliphatic carbocycles. The Hall–Kier alpha value is -3.42. The van der Waals surface area contributed by atoms with E-state index in [0.717, 1.165) is 27.8 Å². The highest BCUT2D eigenvalue weighted by Gasteiger charge is 2.20. The van der Waals surface area contributed by atoms with E-state index in [1.165, 1.54) is 0 Å². The summed E-state index contributed by atoms with van der Waals surface area (Å²) in [4.78, 5) is 16.6.